The first-order chi connectivity index (χ1) is 9.74. The SMILES string of the molecule is COc1ccc(C[NH2+]Cc2ccccc2Cl)cc1OC. The zero-order chi connectivity index (χ0) is 14.4. The van der Waals surface area contributed by atoms with Gasteiger partial charge in [-0.3, -0.25) is 0 Å². The van der Waals surface area contributed by atoms with Crippen LogP contribution in [0.1, 0.15) is 11.1 Å². The van der Waals surface area contributed by atoms with Crippen molar-refractivity contribution in [1.82, 2.24) is 0 Å². The van der Waals surface area contributed by atoms with Crippen molar-refractivity contribution in [2.45, 2.75) is 13.1 Å². The molecule has 0 radical (unpaired) electrons. The second kappa shape index (κ2) is 7.17. The van der Waals surface area contributed by atoms with Crippen LogP contribution in [0.3, 0.4) is 0 Å². The molecule has 0 amide bonds. The summed E-state index contributed by atoms with van der Waals surface area (Å²) in [6.45, 7) is 1.72. The molecule has 0 bridgehead atoms. The summed E-state index contributed by atoms with van der Waals surface area (Å²) in [4.78, 5) is 0. The van der Waals surface area contributed by atoms with Crippen LogP contribution in [0, 0.1) is 0 Å². The molecule has 2 N–H and O–H groups in total. The summed E-state index contributed by atoms with van der Waals surface area (Å²) in [6.07, 6.45) is 0. The Balaban J connectivity index is 1.96. The van der Waals surface area contributed by atoms with Crippen molar-refractivity contribution in [2.75, 3.05) is 14.2 Å². The molecule has 3 nitrogen and oxygen atoms in total. The van der Waals surface area contributed by atoms with E-state index in [1.165, 1.54) is 5.56 Å². The summed E-state index contributed by atoms with van der Waals surface area (Å²) in [5.74, 6) is 1.51. The molecule has 4 heteroatoms. The van der Waals surface area contributed by atoms with Gasteiger partial charge in [0.1, 0.15) is 13.1 Å². The normalized spacial score (nSPS) is 10.3. The molecule has 106 valence electrons. The van der Waals surface area contributed by atoms with Gasteiger partial charge in [0, 0.05) is 16.1 Å². The molecule has 0 saturated carbocycles. The van der Waals surface area contributed by atoms with Crippen LogP contribution in [0.4, 0.5) is 0 Å². The van der Waals surface area contributed by atoms with Crippen molar-refractivity contribution in [3.63, 3.8) is 0 Å². The van der Waals surface area contributed by atoms with E-state index in [1.54, 1.807) is 14.2 Å². The molecule has 0 saturated heterocycles. The molecule has 2 rings (SSSR count). The van der Waals surface area contributed by atoms with E-state index in [1.807, 2.05) is 42.5 Å². The maximum absolute atomic E-state index is 6.14. The minimum absolute atomic E-state index is 0.752. The molecular weight excluding hydrogens is 274 g/mol. The van der Waals surface area contributed by atoms with E-state index < -0.39 is 0 Å². The van der Waals surface area contributed by atoms with Crippen molar-refractivity contribution in [3.05, 3.63) is 58.6 Å². The summed E-state index contributed by atoms with van der Waals surface area (Å²) < 4.78 is 10.5. The molecule has 0 heterocycles. The minimum Gasteiger partial charge on any atom is -0.493 e. The summed E-state index contributed by atoms with van der Waals surface area (Å²) in [6, 6.07) is 13.9. The van der Waals surface area contributed by atoms with E-state index >= 15 is 0 Å². The Morgan fingerprint density at radius 3 is 2.40 bits per heavy atom. The van der Waals surface area contributed by atoms with E-state index in [-0.39, 0.29) is 0 Å². The molecule has 2 aromatic rings. The van der Waals surface area contributed by atoms with Crippen molar-refractivity contribution >= 4 is 11.6 Å². The summed E-state index contributed by atoms with van der Waals surface area (Å²) in [5.41, 5.74) is 2.34. The van der Waals surface area contributed by atoms with E-state index in [9.17, 15) is 0 Å². The fraction of sp³-hybridized carbons (Fsp3) is 0.250. The smallest absolute Gasteiger partial charge is 0.161 e. The Hall–Kier alpha value is -1.71. The molecule has 2 aromatic carbocycles. The molecule has 20 heavy (non-hydrogen) atoms. The van der Waals surface area contributed by atoms with Crippen LogP contribution in [0.5, 0.6) is 11.5 Å². The molecule has 0 spiro atoms. The molecule has 0 unspecified atom stereocenters. The lowest BCUT2D eigenvalue weighted by molar-refractivity contribution is -0.686. The van der Waals surface area contributed by atoms with Gasteiger partial charge in [-0.15, -0.1) is 0 Å². The van der Waals surface area contributed by atoms with Crippen LogP contribution in [-0.4, -0.2) is 14.2 Å². The third-order valence-corrected chi connectivity index (χ3v) is 3.52. The van der Waals surface area contributed by atoms with Gasteiger partial charge in [0.05, 0.1) is 14.2 Å². The van der Waals surface area contributed by atoms with Gasteiger partial charge in [0.2, 0.25) is 0 Å². The number of halogens is 1. The van der Waals surface area contributed by atoms with Crippen LogP contribution >= 0.6 is 11.6 Å². The number of rotatable bonds is 6. The largest absolute Gasteiger partial charge is 0.493 e. The van der Waals surface area contributed by atoms with Crippen molar-refractivity contribution in [1.29, 1.82) is 0 Å². The molecular formula is C16H19ClNO2+. The van der Waals surface area contributed by atoms with E-state index in [4.69, 9.17) is 21.1 Å². The van der Waals surface area contributed by atoms with Gasteiger partial charge >= 0.3 is 0 Å². The number of hydrogen-bond acceptors (Lipinski definition) is 2. The number of nitrogens with two attached hydrogens (primary N) is 1. The number of methoxy groups -OCH3 is 2. The Kier molecular flexibility index (Phi) is 5.27. The van der Waals surface area contributed by atoms with Crippen LogP contribution in [-0.2, 0) is 13.1 Å². The van der Waals surface area contributed by atoms with Gasteiger partial charge in [0.15, 0.2) is 11.5 Å². The molecule has 0 fully saturated rings. The fourth-order valence-electron chi connectivity index (χ4n) is 2.07. The van der Waals surface area contributed by atoms with Gasteiger partial charge < -0.3 is 14.8 Å². The minimum atomic E-state index is 0.752. The summed E-state index contributed by atoms with van der Waals surface area (Å²) >= 11 is 6.14. The third-order valence-electron chi connectivity index (χ3n) is 3.15. The fourth-order valence-corrected chi connectivity index (χ4v) is 2.28. The number of hydrogen-bond donors (Lipinski definition) is 1. The number of quaternary nitrogens is 1. The lowest BCUT2D eigenvalue weighted by atomic mass is 10.2. The van der Waals surface area contributed by atoms with E-state index in [2.05, 4.69) is 5.32 Å². The predicted octanol–water partition coefficient (Wildman–Crippen LogP) is 2.62. The maximum atomic E-state index is 6.14. The highest BCUT2D eigenvalue weighted by Crippen LogP contribution is 2.27. The quantitative estimate of drug-likeness (QED) is 0.888. The van der Waals surface area contributed by atoms with E-state index in [0.717, 1.165) is 35.2 Å². The Labute approximate surface area is 124 Å². The first-order valence-corrected chi connectivity index (χ1v) is 6.88. The maximum Gasteiger partial charge on any atom is 0.161 e. The lowest BCUT2D eigenvalue weighted by Crippen LogP contribution is -2.80. The van der Waals surface area contributed by atoms with Gasteiger partial charge in [-0.05, 0) is 24.3 Å². The summed E-state index contributed by atoms with van der Waals surface area (Å²) in [5, 5.41) is 3.03. The van der Waals surface area contributed by atoms with Crippen LogP contribution < -0.4 is 14.8 Å². The Morgan fingerprint density at radius 2 is 1.70 bits per heavy atom. The molecule has 0 aliphatic carbocycles. The summed E-state index contributed by atoms with van der Waals surface area (Å²) in [7, 11) is 3.29. The van der Waals surface area contributed by atoms with Crippen molar-refractivity contribution in [3.8, 4) is 11.5 Å². The molecule has 0 aromatic heterocycles. The second-order valence-corrected chi connectivity index (χ2v) is 4.88. The van der Waals surface area contributed by atoms with Crippen molar-refractivity contribution < 1.29 is 14.8 Å². The van der Waals surface area contributed by atoms with Gasteiger partial charge in [-0.25, -0.2) is 0 Å². The van der Waals surface area contributed by atoms with Crippen LogP contribution in [0.2, 0.25) is 5.02 Å². The average molecular weight is 293 g/mol. The highest BCUT2D eigenvalue weighted by molar-refractivity contribution is 6.31. The highest BCUT2D eigenvalue weighted by Gasteiger charge is 2.06. The van der Waals surface area contributed by atoms with Gasteiger partial charge in [-0.1, -0.05) is 29.8 Å². The van der Waals surface area contributed by atoms with Crippen LogP contribution in [0.15, 0.2) is 42.5 Å². The number of ether oxygens (including phenoxy) is 2. The zero-order valence-electron chi connectivity index (χ0n) is 11.7. The standard InChI is InChI=1S/C16H18ClNO2/c1-19-15-8-7-12(9-16(15)20-2)10-18-11-13-5-3-4-6-14(13)17/h3-9,18H,10-11H2,1-2H3/p+1. The monoisotopic (exact) mass is 292 g/mol. The topological polar surface area (TPSA) is 35.1 Å². The molecule has 0 atom stereocenters. The van der Waals surface area contributed by atoms with Crippen LogP contribution in [0.25, 0.3) is 0 Å². The highest BCUT2D eigenvalue weighted by atomic mass is 35.5. The average Bonchev–Trinajstić information content (AvgIpc) is 2.49. The first-order valence-electron chi connectivity index (χ1n) is 6.50. The predicted molar refractivity (Wildman–Crippen MR) is 80.3 cm³/mol. The Morgan fingerprint density at radius 1 is 0.950 bits per heavy atom. The second-order valence-electron chi connectivity index (χ2n) is 4.48. The van der Waals surface area contributed by atoms with E-state index in [0.29, 0.717) is 0 Å². The first kappa shape index (κ1) is 14.7. The molecule has 0 aliphatic rings. The zero-order valence-corrected chi connectivity index (χ0v) is 12.5. The third kappa shape index (κ3) is 3.65. The molecule has 0 aliphatic heterocycles. The number of benzene rings is 2. The Bertz CT molecular complexity index is 572. The van der Waals surface area contributed by atoms with Crippen molar-refractivity contribution in [2.24, 2.45) is 0 Å². The lowest BCUT2D eigenvalue weighted by Gasteiger charge is -2.09. The van der Waals surface area contributed by atoms with Gasteiger partial charge in [0.25, 0.3) is 0 Å². The van der Waals surface area contributed by atoms with Gasteiger partial charge in [-0.2, -0.15) is 0 Å².